The van der Waals surface area contributed by atoms with E-state index in [-0.39, 0.29) is 11.9 Å². The minimum absolute atomic E-state index is 0.0181. The highest BCUT2D eigenvalue weighted by Gasteiger charge is 2.25. The fraction of sp³-hybridized carbons (Fsp3) is 0.333. The second-order valence-electron chi connectivity index (χ2n) is 5.80. The van der Waals surface area contributed by atoms with Crippen LogP contribution in [0.5, 0.6) is 0 Å². The largest absolute Gasteiger partial charge is 0.327 e. The summed E-state index contributed by atoms with van der Waals surface area (Å²) in [5, 5.41) is 0. The Balaban J connectivity index is 1.83. The van der Waals surface area contributed by atoms with Gasteiger partial charge in [-0.3, -0.25) is 0 Å². The van der Waals surface area contributed by atoms with Crippen molar-refractivity contribution in [1.29, 1.82) is 0 Å². The molecule has 1 aliphatic rings. The maximum Gasteiger partial charge on any atom is 0.123 e. The molecule has 21 heavy (non-hydrogen) atoms. The summed E-state index contributed by atoms with van der Waals surface area (Å²) < 4.78 is 14.4. The summed E-state index contributed by atoms with van der Waals surface area (Å²) in [4.78, 5) is 0. The Bertz CT molecular complexity index is 641. The van der Waals surface area contributed by atoms with E-state index in [0.29, 0.717) is 12.3 Å². The average Bonchev–Trinajstić information content (AvgIpc) is 2.50. The molecule has 1 aliphatic carbocycles. The number of benzene rings is 2. The van der Waals surface area contributed by atoms with E-state index in [1.807, 2.05) is 0 Å². The van der Waals surface area contributed by atoms with E-state index in [1.54, 1.807) is 12.1 Å². The maximum absolute atomic E-state index is 13.4. The number of rotatable bonds is 3. The van der Waals surface area contributed by atoms with Gasteiger partial charge in [0.1, 0.15) is 5.82 Å². The Hall–Kier alpha value is -1.19. The zero-order chi connectivity index (χ0) is 14.8. The van der Waals surface area contributed by atoms with Gasteiger partial charge in [-0.25, -0.2) is 4.39 Å². The predicted octanol–water partition coefficient (Wildman–Crippen LogP) is 4.58. The molecule has 3 heteroatoms. The van der Waals surface area contributed by atoms with E-state index in [1.165, 1.54) is 23.6 Å². The second kappa shape index (κ2) is 6.29. The number of hydrogen-bond donors (Lipinski definition) is 1. The van der Waals surface area contributed by atoms with E-state index < -0.39 is 0 Å². The molecule has 0 saturated carbocycles. The van der Waals surface area contributed by atoms with Crippen LogP contribution in [0.15, 0.2) is 46.9 Å². The van der Waals surface area contributed by atoms with Crippen molar-refractivity contribution >= 4 is 15.9 Å². The number of nitrogens with two attached hydrogens (primary N) is 1. The van der Waals surface area contributed by atoms with Gasteiger partial charge in [0.25, 0.3) is 0 Å². The van der Waals surface area contributed by atoms with Crippen molar-refractivity contribution in [2.75, 3.05) is 0 Å². The van der Waals surface area contributed by atoms with E-state index in [2.05, 4.69) is 40.2 Å². The highest BCUT2D eigenvalue weighted by molar-refractivity contribution is 9.10. The topological polar surface area (TPSA) is 26.0 Å². The Kier molecular flexibility index (Phi) is 4.41. The first-order valence-corrected chi connectivity index (χ1v) is 8.22. The van der Waals surface area contributed by atoms with Crippen LogP contribution in [0, 0.1) is 5.82 Å². The Morgan fingerprint density at radius 1 is 1.24 bits per heavy atom. The highest BCUT2D eigenvalue weighted by atomic mass is 79.9. The summed E-state index contributed by atoms with van der Waals surface area (Å²) in [6.45, 7) is 0. The molecule has 0 amide bonds. The summed E-state index contributed by atoms with van der Waals surface area (Å²) in [6, 6.07) is 13.4. The van der Waals surface area contributed by atoms with Crippen LogP contribution in [0.4, 0.5) is 4.39 Å². The molecular formula is C18H19BrFN. The van der Waals surface area contributed by atoms with Crippen LogP contribution < -0.4 is 5.73 Å². The third kappa shape index (κ3) is 3.19. The molecule has 2 aromatic rings. The summed E-state index contributed by atoms with van der Waals surface area (Å²) in [7, 11) is 0. The lowest BCUT2D eigenvalue weighted by Crippen LogP contribution is -2.33. The van der Waals surface area contributed by atoms with Crippen molar-refractivity contribution in [3.63, 3.8) is 0 Å². The lowest BCUT2D eigenvalue weighted by molar-refractivity contribution is 0.459. The molecular weight excluding hydrogens is 329 g/mol. The SMILES string of the molecule is NC(Cc1cc(F)ccc1Br)C1CCCc2ccccc21. The van der Waals surface area contributed by atoms with Crippen molar-refractivity contribution in [3.05, 3.63) is 69.4 Å². The summed E-state index contributed by atoms with van der Waals surface area (Å²) in [6.07, 6.45) is 4.13. The second-order valence-corrected chi connectivity index (χ2v) is 6.66. The fourth-order valence-electron chi connectivity index (χ4n) is 3.33. The zero-order valence-corrected chi connectivity index (χ0v) is 13.4. The van der Waals surface area contributed by atoms with Gasteiger partial charge >= 0.3 is 0 Å². The van der Waals surface area contributed by atoms with E-state index in [4.69, 9.17) is 5.73 Å². The van der Waals surface area contributed by atoms with Gasteiger partial charge in [0.05, 0.1) is 0 Å². The van der Waals surface area contributed by atoms with Crippen LogP contribution in [0.1, 0.15) is 35.4 Å². The molecule has 2 N–H and O–H groups in total. The predicted molar refractivity (Wildman–Crippen MR) is 87.9 cm³/mol. The lowest BCUT2D eigenvalue weighted by atomic mass is 9.77. The molecule has 1 nitrogen and oxygen atoms in total. The van der Waals surface area contributed by atoms with Gasteiger partial charge in [0.15, 0.2) is 0 Å². The Morgan fingerprint density at radius 3 is 2.90 bits per heavy atom. The standard InChI is InChI=1S/C18H19BrFN/c19-17-9-8-14(20)10-13(17)11-18(21)16-7-3-5-12-4-1-2-6-15(12)16/h1-2,4,6,8-10,16,18H,3,5,7,11,21H2. The molecule has 0 heterocycles. The molecule has 0 spiro atoms. The van der Waals surface area contributed by atoms with Gasteiger partial charge in [0, 0.05) is 10.5 Å². The van der Waals surface area contributed by atoms with Crippen molar-refractivity contribution < 1.29 is 4.39 Å². The van der Waals surface area contributed by atoms with Gasteiger partial charge in [-0.05, 0) is 66.5 Å². The van der Waals surface area contributed by atoms with Crippen LogP contribution in [0.25, 0.3) is 0 Å². The minimum atomic E-state index is -0.204. The fourth-order valence-corrected chi connectivity index (χ4v) is 3.74. The highest BCUT2D eigenvalue weighted by Crippen LogP contribution is 2.34. The third-order valence-corrected chi connectivity index (χ3v) is 5.17. The van der Waals surface area contributed by atoms with Crippen LogP contribution in [0.2, 0.25) is 0 Å². The average molecular weight is 348 g/mol. The van der Waals surface area contributed by atoms with Gasteiger partial charge < -0.3 is 5.73 Å². The molecule has 0 aliphatic heterocycles. The summed E-state index contributed by atoms with van der Waals surface area (Å²) >= 11 is 3.49. The monoisotopic (exact) mass is 347 g/mol. The first kappa shape index (κ1) is 14.7. The lowest BCUT2D eigenvalue weighted by Gasteiger charge is -2.30. The Morgan fingerprint density at radius 2 is 2.05 bits per heavy atom. The van der Waals surface area contributed by atoms with Crippen molar-refractivity contribution in [3.8, 4) is 0 Å². The molecule has 0 radical (unpaired) electrons. The van der Waals surface area contributed by atoms with Gasteiger partial charge in [0.2, 0.25) is 0 Å². The summed E-state index contributed by atoms with van der Waals surface area (Å²) in [5.41, 5.74) is 10.2. The number of aryl methyl sites for hydroxylation is 1. The molecule has 2 atom stereocenters. The van der Waals surface area contributed by atoms with Crippen LogP contribution in [-0.2, 0) is 12.8 Å². The molecule has 0 saturated heterocycles. The third-order valence-electron chi connectivity index (χ3n) is 4.40. The molecule has 0 fully saturated rings. The quantitative estimate of drug-likeness (QED) is 0.863. The summed E-state index contributed by atoms with van der Waals surface area (Å²) in [5.74, 6) is 0.162. The number of halogens is 2. The normalized spacial score (nSPS) is 19.1. The van der Waals surface area contributed by atoms with E-state index in [0.717, 1.165) is 22.9 Å². The Labute approximate surface area is 133 Å². The molecule has 110 valence electrons. The minimum Gasteiger partial charge on any atom is -0.327 e. The number of hydrogen-bond acceptors (Lipinski definition) is 1. The van der Waals surface area contributed by atoms with Crippen molar-refractivity contribution in [2.45, 2.75) is 37.6 Å². The first-order valence-electron chi connectivity index (χ1n) is 7.42. The smallest absolute Gasteiger partial charge is 0.123 e. The molecule has 2 unspecified atom stereocenters. The van der Waals surface area contributed by atoms with Crippen molar-refractivity contribution in [2.24, 2.45) is 5.73 Å². The number of fused-ring (bicyclic) bond motifs is 1. The van der Waals surface area contributed by atoms with E-state index in [9.17, 15) is 4.39 Å². The maximum atomic E-state index is 13.4. The van der Waals surface area contributed by atoms with Crippen LogP contribution in [0.3, 0.4) is 0 Å². The molecule has 0 aromatic heterocycles. The van der Waals surface area contributed by atoms with Gasteiger partial charge in [-0.1, -0.05) is 40.2 Å². The molecule has 0 bridgehead atoms. The van der Waals surface area contributed by atoms with Crippen LogP contribution >= 0.6 is 15.9 Å². The van der Waals surface area contributed by atoms with Gasteiger partial charge in [-0.2, -0.15) is 0 Å². The van der Waals surface area contributed by atoms with Crippen LogP contribution in [-0.4, -0.2) is 6.04 Å². The first-order chi connectivity index (χ1) is 10.1. The van der Waals surface area contributed by atoms with Crippen molar-refractivity contribution in [1.82, 2.24) is 0 Å². The van der Waals surface area contributed by atoms with Gasteiger partial charge in [-0.15, -0.1) is 0 Å². The zero-order valence-electron chi connectivity index (χ0n) is 11.9. The molecule has 3 rings (SSSR count). The van der Waals surface area contributed by atoms with E-state index >= 15 is 0 Å². The molecule has 2 aromatic carbocycles.